The van der Waals surface area contributed by atoms with Crippen molar-refractivity contribution in [2.45, 2.75) is 46.2 Å². The number of carbonyl (C=O) groups is 3. The van der Waals surface area contributed by atoms with Crippen molar-refractivity contribution in [3.8, 4) is 11.5 Å². The van der Waals surface area contributed by atoms with Crippen LogP contribution in [-0.2, 0) is 17.8 Å². The van der Waals surface area contributed by atoms with Gasteiger partial charge in [-0.2, -0.15) is 0 Å². The SMILES string of the molecule is CCc1ccc(OCC(=O)c2ccc3c(c2)N(Cc2ccc(C(=O)NC(C)CC)o2)C(=O)CO3)cc1. The standard InChI is InChI=1S/C28H30N2O6/c1-4-18(3)29-28(33)26-13-11-22(36-26)15-30-23-14-20(8-12-25(23)35-17-27(30)32)24(31)16-34-21-9-6-19(5-2)7-10-21/h6-14,18H,4-5,15-17H2,1-3H3,(H,29,33). The van der Waals surface area contributed by atoms with Crippen LogP contribution in [0.1, 0.15) is 59.4 Å². The largest absolute Gasteiger partial charge is 0.485 e. The first-order chi connectivity index (χ1) is 17.4. The summed E-state index contributed by atoms with van der Waals surface area (Å²) in [6.45, 7) is 5.81. The molecule has 4 rings (SSSR count). The van der Waals surface area contributed by atoms with Gasteiger partial charge in [0.15, 0.2) is 24.8 Å². The number of hydrogen-bond donors (Lipinski definition) is 1. The first-order valence-electron chi connectivity index (χ1n) is 12.1. The predicted octanol–water partition coefficient (Wildman–Crippen LogP) is 4.56. The second-order valence-electron chi connectivity index (χ2n) is 8.71. The van der Waals surface area contributed by atoms with Gasteiger partial charge >= 0.3 is 0 Å². The number of ketones is 1. The van der Waals surface area contributed by atoms with E-state index in [1.54, 1.807) is 30.3 Å². The number of anilines is 1. The van der Waals surface area contributed by atoms with Gasteiger partial charge in [-0.15, -0.1) is 0 Å². The first-order valence-corrected chi connectivity index (χ1v) is 12.1. The summed E-state index contributed by atoms with van der Waals surface area (Å²) in [5, 5.41) is 2.85. The molecule has 0 fully saturated rings. The van der Waals surface area contributed by atoms with E-state index in [-0.39, 0.29) is 49.2 Å². The quantitative estimate of drug-likeness (QED) is 0.419. The summed E-state index contributed by atoms with van der Waals surface area (Å²) >= 11 is 0. The minimum Gasteiger partial charge on any atom is -0.485 e. The molecule has 1 aromatic heterocycles. The van der Waals surface area contributed by atoms with Crippen LogP contribution in [-0.4, -0.2) is 36.9 Å². The zero-order chi connectivity index (χ0) is 25.7. The van der Waals surface area contributed by atoms with Crippen LogP contribution in [0.5, 0.6) is 11.5 Å². The topological polar surface area (TPSA) is 98.1 Å². The molecule has 3 aromatic rings. The summed E-state index contributed by atoms with van der Waals surface area (Å²) in [5.74, 6) is 0.925. The number of furan rings is 1. The second-order valence-corrected chi connectivity index (χ2v) is 8.71. The van der Waals surface area contributed by atoms with Crippen LogP contribution in [0.4, 0.5) is 5.69 Å². The molecule has 1 unspecified atom stereocenters. The minimum atomic E-state index is -0.304. The van der Waals surface area contributed by atoms with Crippen molar-refractivity contribution in [2.75, 3.05) is 18.1 Å². The number of nitrogens with one attached hydrogen (secondary N) is 1. The third-order valence-corrected chi connectivity index (χ3v) is 6.11. The van der Waals surface area contributed by atoms with E-state index in [9.17, 15) is 14.4 Å². The molecule has 0 bridgehead atoms. The van der Waals surface area contributed by atoms with Gasteiger partial charge in [0.25, 0.3) is 11.8 Å². The van der Waals surface area contributed by atoms with Gasteiger partial charge in [0.1, 0.15) is 17.3 Å². The van der Waals surface area contributed by atoms with Crippen LogP contribution >= 0.6 is 0 Å². The third-order valence-electron chi connectivity index (χ3n) is 6.11. The number of aryl methyl sites for hydroxylation is 1. The molecule has 8 heteroatoms. The number of fused-ring (bicyclic) bond motifs is 1. The molecule has 2 aromatic carbocycles. The zero-order valence-electron chi connectivity index (χ0n) is 20.7. The van der Waals surface area contributed by atoms with Crippen LogP contribution in [0.15, 0.2) is 59.0 Å². The van der Waals surface area contributed by atoms with Gasteiger partial charge in [0.2, 0.25) is 0 Å². The number of carbonyl (C=O) groups excluding carboxylic acids is 3. The molecule has 0 radical (unpaired) electrons. The summed E-state index contributed by atoms with van der Waals surface area (Å²) in [6, 6.07) is 15.8. The lowest BCUT2D eigenvalue weighted by molar-refractivity contribution is -0.121. The Balaban J connectivity index is 1.47. The summed E-state index contributed by atoms with van der Waals surface area (Å²) < 4.78 is 16.9. The second kappa shape index (κ2) is 11.1. The van der Waals surface area contributed by atoms with E-state index in [1.807, 2.05) is 38.1 Å². The van der Waals surface area contributed by atoms with Gasteiger partial charge in [-0.1, -0.05) is 26.0 Å². The molecule has 2 heterocycles. The third kappa shape index (κ3) is 5.76. The molecule has 0 spiro atoms. The Morgan fingerprint density at radius 3 is 2.58 bits per heavy atom. The summed E-state index contributed by atoms with van der Waals surface area (Å²) in [4.78, 5) is 39.4. The van der Waals surface area contributed by atoms with Crippen LogP contribution in [0.25, 0.3) is 0 Å². The Bertz CT molecular complexity index is 1250. The molecule has 1 atom stereocenters. The van der Waals surface area contributed by atoms with Crippen molar-refractivity contribution < 1.29 is 28.3 Å². The van der Waals surface area contributed by atoms with Gasteiger partial charge < -0.3 is 19.2 Å². The lowest BCUT2D eigenvalue weighted by Gasteiger charge is -2.29. The van der Waals surface area contributed by atoms with Crippen molar-refractivity contribution in [1.29, 1.82) is 0 Å². The average Bonchev–Trinajstić information content (AvgIpc) is 3.37. The van der Waals surface area contributed by atoms with Crippen LogP contribution in [0, 0.1) is 0 Å². The molecule has 0 saturated heterocycles. The average molecular weight is 491 g/mol. The maximum atomic E-state index is 12.8. The van der Waals surface area contributed by atoms with E-state index in [0.29, 0.717) is 28.5 Å². The number of amides is 2. The molecule has 1 N–H and O–H groups in total. The van der Waals surface area contributed by atoms with Gasteiger partial charge in [-0.25, -0.2) is 0 Å². The molecule has 0 aliphatic carbocycles. The number of benzene rings is 2. The minimum absolute atomic E-state index is 0.0226. The van der Waals surface area contributed by atoms with Crippen molar-refractivity contribution in [3.63, 3.8) is 0 Å². The van der Waals surface area contributed by atoms with Gasteiger partial charge in [0, 0.05) is 11.6 Å². The van der Waals surface area contributed by atoms with E-state index >= 15 is 0 Å². The van der Waals surface area contributed by atoms with E-state index in [2.05, 4.69) is 12.2 Å². The van der Waals surface area contributed by atoms with Gasteiger partial charge in [-0.3, -0.25) is 19.3 Å². The van der Waals surface area contributed by atoms with Crippen molar-refractivity contribution in [1.82, 2.24) is 5.32 Å². The van der Waals surface area contributed by atoms with Crippen molar-refractivity contribution >= 4 is 23.3 Å². The van der Waals surface area contributed by atoms with Crippen molar-refractivity contribution in [2.24, 2.45) is 0 Å². The molecular formula is C28H30N2O6. The summed E-state index contributed by atoms with van der Waals surface area (Å²) in [6.07, 6.45) is 1.73. The molecule has 8 nitrogen and oxygen atoms in total. The Morgan fingerprint density at radius 1 is 1.08 bits per heavy atom. The fourth-order valence-electron chi connectivity index (χ4n) is 3.74. The Morgan fingerprint density at radius 2 is 1.86 bits per heavy atom. The monoisotopic (exact) mass is 490 g/mol. The lowest BCUT2D eigenvalue weighted by Crippen LogP contribution is -2.38. The van der Waals surface area contributed by atoms with E-state index in [4.69, 9.17) is 13.9 Å². The number of ether oxygens (including phenoxy) is 2. The maximum absolute atomic E-state index is 12.8. The number of nitrogens with zero attached hydrogens (tertiary/aromatic N) is 1. The Kier molecular flexibility index (Phi) is 7.73. The fourth-order valence-corrected chi connectivity index (χ4v) is 3.74. The molecule has 1 aliphatic heterocycles. The van der Waals surface area contributed by atoms with E-state index < -0.39 is 0 Å². The molecule has 1 aliphatic rings. The number of Topliss-reactive ketones (excluding diaryl/α,β-unsaturated/α-hetero) is 1. The Labute approximate surface area is 210 Å². The highest BCUT2D eigenvalue weighted by molar-refractivity contribution is 6.02. The number of rotatable bonds is 10. The summed E-state index contributed by atoms with van der Waals surface area (Å²) in [5.41, 5.74) is 2.05. The highest BCUT2D eigenvalue weighted by Crippen LogP contribution is 2.34. The zero-order valence-corrected chi connectivity index (χ0v) is 20.7. The predicted molar refractivity (Wildman–Crippen MR) is 135 cm³/mol. The van der Waals surface area contributed by atoms with E-state index in [1.165, 1.54) is 10.5 Å². The summed E-state index contributed by atoms with van der Waals surface area (Å²) in [7, 11) is 0. The molecule has 0 saturated carbocycles. The molecule has 36 heavy (non-hydrogen) atoms. The molecule has 188 valence electrons. The number of hydrogen-bond acceptors (Lipinski definition) is 6. The maximum Gasteiger partial charge on any atom is 0.287 e. The van der Waals surface area contributed by atoms with Crippen LogP contribution < -0.4 is 19.7 Å². The smallest absolute Gasteiger partial charge is 0.287 e. The van der Waals surface area contributed by atoms with Crippen molar-refractivity contribution in [3.05, 3.63) is 77.2 Å². The highest BCUT2D eigenvalue weighted by atomic mass is 16.5. The fraction of sp³-hybridized carbons (Fsp3) is 0.321. The molecular weight excluding hydrogens is 460 g/mol. The lowest BCUT2D eigenvalue weighted by atomic mass is 10.1. The highest BCUT2D eigenvalue weighted by Gasteiger charge is 2.28. The van der Waals surface area contributed by atoms with Gasteiger partial charge in [0.05, 0.1) is 12.2 Å². The normalized spacial score (nSPS) is 13.5. The van der Waals surface area contributed by atoms with Gasteiger partial charge in [-0.05, 0) is 67.8 Å². The first kappa shape index (κ1) is 25.0. The van der Waals surface area contributed by atoms with Crippen LogP contribution in [0.3, 0.4) is 0 Å². The molecule has 2 amide bonds. The Hall–Kier alpha value is -4.07. The van der Waals surface area contributed by atoms with E-state index in [0.717, 1.165) is 12.8 Å². The van der Waals surface area contributed by atoms with Crippen LogP contribution in [0.2, 0.25) is 0 Å².